The van der Waals surface area contributed by atoms with Gasteiger partial charge in [0.15, 0.2) is 13.2 Å². The zero-order valence-electron chi connectivity index (χ0n) is 16.3. The second-order valence-corrected chi connectivity index (χ2v) is 6.36. The number of hydrogen-bond donors (Lipinski definition) is 0. The molecule has 0 unspecified atom stereocenters. The van der Waals surface area contributed by atoms with E-state index in [-0.39, 0.29) is 18.7 Å². The number of carbonyl (C=O) groups excluding carboxylic acids is 2. The minimum atomic E-state index is -0.730. The first-order chi connectivity index (χ1) is 13.9. The van der Waals surface area contributed by atoms with Crippen molar-refractivity contribution in [1.29, 1.82) is 10.5 Å². The topological polar surface area (TPSA) is 103 Å². The van der Waals surface area contributed by atoms with Gasteiger partial charge in [-0.3, -0.25) is 4.79 Å². The number of nitrogens with zero attached hydrogens (tertiary/aromatic N) is 3. The van der Waals surface area contributed by atoms with Gasteiger partial charge in [0.1, 0.15) is 11.8 Å². The van der Waals surface area contributed by atoms with E-state index in [0.717, 1.165) is 11.1 Å². The maximum atomic E-state index is 12.6. The molecule has 7 heteroatoms. The van der Waals surface area contributed by atoms with Crippen molar-refractivity contribution in [3.05, 3.63) is 59.2 Å². The van der Waals surface area contributed by atoms with Crippen LogP contribution in [0.3, 0.4) is 0 Å². The second kappa shape index (κ2) is 10.5. The van der Waals surface area contributed by atoms with E-state index in [1.54, 1.807) is 24.3 Å². The lowest BCUT2D eigenvalue weighted by atomic mass is 10.1. The predicted molar refractivity (Wildman–Crippen MR) is 106 cm³/mol. The number of ether oxygens (including phenoxy) is 2. The van der Waals surface area contributed by atoms with Crippen LogP contribution in [0, 0.1) is 36.5 Å². The number of carbonyl (C=O) groups is 2. The van der Waals surface area contributed by atoms with Crippen LogP contribution < -0.4 is 9.64 Å². The minimum absolute atomic E-state index is 0.154. The van der Waals surface area contributed by atoms with Gasteiger partial charge in [0, 0.05) is 12.2 Å². The van der Waals surface area contributed by atoms with Crippen LogP contribution in [0.15, 0.2) is 42.5 Å². The van der Waals surface area contributed by atoms with Gasteiger partial charge in [0.05, 0.1) is 18.1 Å². The van der Waals surface area contributed by atoms with Crippen LogP contribution in [0.5, 0.6) is 5.75 Å². The predicted octanol–water partition coefficient (Wildman–Crippen LogP) is 3.04. The number of esters is 1. The van der Waals surface area contributed by atoms with Crippen LogP contribution in [-0.2, 0) is 14.3 Å². The summed E-state index contributed by atoms with van der Waals surface area (Å²) in [6, 6.07) is 16.2. The zero-order valence-corrected chi connectivity index (χ0v) is 16.3. The van der Waals surface area contributed by atoms with Crippen molar-refractivity contribution in [2.24, 2.45) is 0 Å². The smallest absolute Gasteiger partial charge is 0.344 e. The van der Waals surface area contributed by atoms with Crippen LogP contribution in [-0.4, -0.2) is 31.6 Å². The van der Waals surface area contributed by atoms with E-state index < -0.39 is 25.1 Å². The lowest BCUT2D eigenvalue weighted by Gasteiger charge is -2.22. The fourth-order valence-corrected chi connectivity index (χ4v) is 2.75. The summed E-state index contributed by atoms with van der Waals surface area (Å²) in [6.07, 6.45) is 0.154. The molecule has 0 heterocycles. The lowest BCUT2D eigenvalue weighted by Crippen LogP contribution is -2.36. The normalized spacial score (nSPS) is 9.79. The molecule has 0 aromatic heterocycles. The molecule has 2 rings (SSSR count). The third-order valence-corrected chi connectivity index (χ3v) is 3.98. The quantitative estimate of drug-likeness (QED) is 0.641. The maximum absolute atomic E-state index is 12.6. The largest absolute Gasteiger partial charge is 0.481 e. The number of amides is 1. The Balaban J connectivity index is 1.97. The van der Waals surface area contributed by atoms with Crippen molar-refractivity contribution in [3.8, 4) is 17.9 Å². The van der Waals surface area contributed by atoms with Gasteiger partial charge in [0.2, 0.25) is 0 Å². The number of nitriles is 2. The Labute approximate surface area is 169 Å². The van der Waals surface area contributed by atoms with Gasteiger partial charge in [-0.1, -0.05) is 18.2 Å². The van der Waals surface area contributed by atoms with E-state index in [9.17, 15) is 9.59 Å². The Morgan fingerprint density at radius 2 is 1.72 bits per heavy atom. The average molecular weight is 391 g/mol. The number of hydrogen-bond acceptors (Lipinski definition) is 6. The van der Waals surface area contributed by atoms with Crippen LogP contribution in [0.25, 0.3) is 0 Å². The molecule has 148 valence electrons. The molecule has 1 amide bonds. The lowest BCUT2D eigenvalue weighted by molar-refractivity contribution is -0.149. The van der Waals surface area contributed by atoms with Crippen molar-refractivity contribution < 1.29 is 19.1 Å². The molecule has 0 fully saturated rings. The molecule has 29 heavy (non-hydrogen) atoms. The maximum Gasteiger partial charge on any atom is 0.344 e. The Bertz CT molecular complexity index is 953. The zero-order chi connectivity index (χ0) is 21.2. The third kappa shape index (κ3) is 6.37. The van der Waals surface area contributed by atoms with Crippen LogP contribution in [0.2, 0.25) is 0 Å². The van der Waals surface area contributed by atoms with E-state index in [1.807, 2.05) is 44.2 Å². The first kappa shape index (κ1) is 21.5. The fraction of sp³-hybridized carbons (Fsp3) is 0.273. The van der Waals surface area contributed by atoms with Crippen LogP contribution in [0.1, 0.15) is 23.1 Å². The first-order valence-corrected chi connectivity index (χ1v) is 8.97. The number of anilines is 1. The summed E-state index contributed by atoms with van der Waals surface area (Å²) in [5.41, 5.74) is 2.92. The van der Waals surface area contributed by atoms with E-state index in [2.05, 4.69) is 0 Å². The highest BCUT2D eigenvalue weighted by atomic mass is 16.6. The molecule has 0 aliphatic rings. The summed E-state index contributed by atoms with van der Waals surface area (Å²) in [6.45, 7) is 3.13. The van der Waals surface area contributed by atoms with E-state index in [4.69, 9.17) is 20.0 Å². The molecule has 0 N–H and O–H groups in total. The highest BCUT2D eigenvalue weighted by molar-refractivity contribution is 5.95. The van der Waals surface area contributed by atoms with Gasteiger partial charge < -0.3 is 14.4 Å². The highest BCUT2D eigenvalue weighted by Gasteiger charge is 2.18. The second-order valence-electron chi connectivity index (χ2n) is 6.36. The van der Waals surface area contributed by atoms with Gasteiger partial charge in [-0.2, -0.15) is 10.5 Å². The molecule has 0 aliphatic carbocycles. The minimum Gasteiger partial charge on any atom is -0.481 e. The molecule has 0 aliphatic heterocycles. The standard InChI is InChI=1S/C22H21N3O4/c1-16-10-17(2)12-19(11-16)25(9-5-8-23)21(26)14-29-22(27)15-28-20-7-4-3-6-18(20)13-24/h3-4,6-7,10-12H,5,9,14-15H2,1-2H3. The van der Waals surface area contributed by atoms with Crippen LogP contribution in [0.4, 0.5) is 5.69 Å². The summed E-state index contributed by atoms with van der Waals surface area (Å²) in [7, 11) is 0. The summed E-state index contributed by atoms with van der Waals surface area (Å²) in [4.78, 5) is 26.0. The van der Waals surface area contributed by atoms with E-state index in [0.29, 0.717) is 11.3 Å². The van der Waals surface area contributed by atoms with Gasteiger partial charge in [-0.05, 0) is 49.2 Å². The molecule has 2 aromatic carbocycles. The Hall–Kier alpha value is -3.84. The van der Waals surface area contributed by atoms with Gasteiger partial charge >= 0.3 is 5.97 Å². The summed E-state index contributed by atoms with van der Waals surface area (Å²) in [5.74, 6) is -0.896. The van der Waals surface area contributed by atoms with Crippen molar-refractivity contribution in [2.75, 3.05) is 24.7 Å². The summed E-state index contributed by atoms with van der Waals surface area (Å²) >= 11 is 0. The molecule has 0 bridgehead atoms. The van der Waals surface area contributed by atoms with Gasteiger partial charge in [-0.25, -0.2) is 4.79 Å². The Morgan fingerprint density at radius 1 is 1.03 bits per heavy atom. The number of para-hydroxylation sites is 1. The summed E-state index contributed by atoms with van der Waals surface area (Å²) < 4.78 is 10.3. The van der Waals surface area contributed by atoms with Crippen molar-refractivity contribution >= 4 is 17.6 Å². The third-order valence-electron chi connectivity index (χ3n) is 3.98. The molecule has 7 nitrogen and oxygen atoms in total. The Morgan fingerprint density at radius 3 is 2.38 bits per heavy atom. The molecule has 0 atom stereocenters. The first-order valence-electron chi connectivity index (χ1n) is 8.97. The average Bonchev–Trinajstić information content (AvgIpc) is 2.70. The fourth-order valence-electron chi connectivity index (χ4n) is 2.75. The monoisotopic (exact) mass is 391 g/mol. The summed E-state index contributed by atoms with van der Waals surface area (Å²) in [5, 5.41) is 17.9. The van der Waals surface area contributed by atoms with Crippen molar-refractivity contribution in [2.45, 2.75) is 20.3 Å². The number of rotatable bonds is 8. The number of aryl methyl sites for hydroxylation is 2. The number of benzene rings is 2. The van der Waals surface area contributed by atoms with E-state index >= 15 is 0 Å². The highest BCUT2D eigenvalue weighted by Crippen LogP contribution is 2.20. The van der Waals surface area contributed by atoms with Gasteiger partial charge in [0.25, 0.3) is 5.91 Å². The molecular weight excluding hydrogens is 370 g/mol. The van der Waals surface area contributed by atoms with Crippen LogP contribution >= 0.6 is 0 Å². The van der Waals surface area contributed by atoms with Crippen molar-refractivity contribution in [3.63, 3.8) is 0 Å². The van der Waals surface area contributed by atoms with E-state index in [1.165, 1.54) is 4.90 Å². The van der Waals surface area contributed by atoms with Gasteiger partial charge in [-0.15, -0.1) is 0 Å². The molecule has 0 saturated heterocycles. The Kier molecular flexibility index (Phi) is 7.76. The molecular formula is C22H21N3O4. The SMILES string of the molecule is Cc1cc(C)cc(N(CCC#N)C(=O)COC(=O)COc2ccccc2C#N)c1. The van der Waals surface area contributed by atoms with Crippen molar-refractivity contribution in [1.82, 2.24) is 0 Å². The molecule has 0 saturated carbocycles. The molecule has 2 aromatic rings. The molecule has 0 spiro atoms. The molecule has 0 radical (unpaired) electrons.